The lowest BCUT2D eigenvalue weighted by molar-refractivity contribution is -0.127. The molecule has 1 aliphatic rings. The summed E-state index contributed by atoms with van der Waals surface area (Å²) in [6, 6.07) is 15.7. The number of nitrogens with zero attached hydrogens (tertiary/aromatic N) is 2. The molecule has 3 heterocycles. The Morgan fingerprint density at radius 2 is 2.06 bits per heavy atom. The fraction of sp³-hybridized carbons (Fsp3) is 0.407. The summed E-state index contributed by atoms with van der Waals surface area (Å²) in [5.41, 5.74) is 6.80. The Hall–Kier alpha value is -2.72. The van der Waals surface area contributed by atoms with Gasteiger partial charge < -0.3 is 20.7 Å². The van der Waals surface area contributed by atoms with Gasteiger partial charge in [0.1, 0.15) is 11.8 Å². The van der Waals surface area contributed by atoms with Crippen molar-refractivity contribution in [1.82, 2.24) is 15.1 Å². The van der Waals surface area contributed by atoms with E-state index < -0.39 is 6.04 Å². The van der Waals surface area contributed by atoms with Gasteiger partial charge in [0.15, 0.2) is 0 Å². The molecule has 0 radical (unpaired) electrons. The van der Waals surface area contributed by atoms with Crippen molar-refractivity contribution in [3.05, 3.63) is 74.1 Å². The van der Waals surface area contributed by atoms with Gasteiger partial charge in [0.05, 0.1) is 12.0 Å². The van der Waals surface area contributed by atoms with E-state index in [0.29, 0.717) is 30.9 Å². The number of benzene rings is 1. The maximum absolute atomic E-state index is 13.3. The number of likely N-dealkylation sites (tertiary alicyclic amines) is 1. The van der Waals surface area contributed by atoms with E-state index in [4.69, 9.17) is 10.5 Å². The summed E-state index contributed by atoms with van der Waals surface area (Å²) >= 11 is 3.21. The van der Waals surface area contributed by atoms with E-state index in [9.17, 15) is 9.59 Å². The van der Waals surface area contributed by atoms with Gasteiger partial charge in [-0.05, 0) is 61.0 Å². The van der Waals surface area contributed by atoms with Gasteiger partial charge in [-0.25, -0.2) is 0 Å². The van der Waals surface area contributed by atoms with Crippen molar-refractivity contribution < 1.29 is 14.3 Å². The molecule has 36 heavy (non-hydrogen) atoms. The minimum atomic E-state index is -0.539. The molecule has 1 aliphatic heterocycles. The number of thiophene rings is 2. The summed E-state index contributed by atoms with van der Waals surface area (Å²) in [5, 5.41) is 4.81. The molecule has 3 aromatic rings. The van der Waals surface area contributed by atoms with Crippen LogP contribution in [0.2, 0.25) is 0 Å². The van der Waals surface area contributed by atoms with Crippen LogP contribution in [0.4, 0.5) is 0 Å². The van der Waals surface area contributed by atoms with Crippen molar-refractivity contribution in [2.45, 2.75) is 44.9 Å². The maximum atomic E-state index is 13.3. The number of piperidine rings is 1. The molecule has 192 valence electrons. The summed E-state index contributed by atoms with van der Waals surface area (Å²) in [4.78, 5) is 33.9. The van der Waals surface area contributed by atoms with E-state index in [1.807, 2.05) is 29.6 Å². The number of carbonyl (C=O) groups excluding carboxylic acids is 2. The summed E-state index contributed by atoms with van der Waals surface area (Å²) in [6.45, 7) is 4.92. The number of hydrogen-bond acceptors (Lipinski definition) is 7. The van der Waals surface area contributed by atoms with Gasteiger partial charge in [-0.2, -0.15) is 0 Å². The zero-order valence-corrected chi connectivity index (χ0v) is 22.4. The van der Waals surface area contributed by atoms with Gasteiger partial charge in [-0.1, -0.05) is 18.2 Å². The van der Waals surface area contributed by atoms with E-state index in [-0.39, 0.29) is 17.9 Å². The van der Waals surface area contributed by atoms with Crippen molar-refractivity contribution >= 4 is 34.5 Å². The summed E-state index contributed by atoms with van der Waals surface area (Å²) in [6.07, 6.45) is 1.37. The molecule has 9 heteroatoms. The SMILES string of the molecule is COc1cccc(CN(Cc2ccc(C)s2)C2CCN(C(=O)c3cccs3)[C@@H](C(=O)NCCN)C2)c1. The van der Waals surface area contributed by atoms with Crippen molar-refractivity contribution in [2.24, 2.45) is 5.73 Å². The average Bonchev–Trinajstić information content (AvgIpc) is 3.58. The Kier molecular flexibility index (Phi) is 9.14. The first-order valence-corrected chi connectivity index (χ1v) is 13.9. The van der Waals surface area contributed by atoms with Crippen LogP contribution in [0.5, 0.6) is 5.75 Å². The average molecular weight is 527 g/mol. The molecule has 2 atom stereocenters. The van der Waals surface area contributed by atoms with Gasteiger partial charge in [0.2, 0.25) is 5.91 Å². The zero-order chi connectivity index (χ0) is 25.5. The number of carbonyl (C=O) groups is 2. The highest BCUT2D eigenvalue weighted by atomic mass is 32.1. The molecule has 2 amide bonds. The Labute approximate surface area is 220 Å². The normalized spacial score (nSPS) is 17.8. The summed E-state index contributed by atoms with van der Waals surface area (Å²) in [7, 11) is 1.68. The maximum Gasteiger partial charge on any atom is 0.264 e. The van der Waals surface area contributed by atoms with Gasteiger partial charge in [0, 0.05) is 48.5 Å². The van der Waals surface area contributed by atoms with Crippen LogP contribution in [0.15, 0.2) is 53.9 Å². The minimum Gasteiger partial charge on any atom is -0.497 e. The number of ether oxygens (including phenoxy) is 1. The van der Waals surface area contributed by atoms with Crippen molar-refractivity contribution in [3.8, 4) is 5.75 Å². The molecular formula is C27H34N4O3S2. The van der Waals surface area contributed by atoms with Gasteiger partial charge >= 0.3 is 0 Å². The molecule has 1 saturated heterocycles. The quantitative estimate of drug-likeness (QED) is 0.419. The van der Waals surface area contributed by atoms with E-state index in [0.717, 1.165) is 30.8 Å². The molecule has 0 spiro atoms. The molecule has 1 unspecified atom stereocenters. The lowest BCUT2D eigenvalue weighted by Gasteiger charge is -2.42. The monoisotopic (exact) mass is 526 g/mol. The predicted octanol–water partition coefficient (Wildman–Crippen LogP) is 3.88. The largest absolute Gasteiger partial charge is 0.497 e. The van der Waals surface area contributed by atoms with E-state index in [2.05, 4.69) is 41.4 Å². The molecule has 0 saturated carbocycles. The molecule has 2 aromatic heterocycles. The number of amides is 2. The fourth-order valence-corrected chi connectivity index (χ4v) is 6.31. The predicted molar refractivity (Wildman–Crippen MR) is 146 cm³/mol. The highest BCUT2D eigenvalue weighted by Gasteiger charge is 2.38. The summed E-state index contributed by atoms with van der Waals surface area (Å²) < 4.78 is 5.44. The number of hydrogen-bond donors (Lipinski definition) is 2. The van der Waals surface area contributed by atoms with Crippen LogP contribution in [-0.4, -0.2) is 60.4 Å². The Balaban J connectivity index is 1.58. The molecule has 0 aliphatic carbocycles. The lowest BCUT2D eigenvalue weighted by atomic mass is 9.94. The first-order chi connectivity index (χ1) is 17.5. The van der Waals surface area contributed by atoms with Gasteiger partial charge in [-0.3, -0.25) is 14.5 Å². The van der Waals surface area contributed by atoms with E-state index in [1.54, 1.807) is 23.3 Å². The molecule has 3 N–H and O–H groups in total. The zero-order valence-electron chi connectivity index (χ0n) is 20.8. The topological polar surface area (TPSA) is 87.9 Å². The first kappa shape index (κ1) is 26.3. The molecule has 4 rings (SSSR count). The van der Waals surface area contributed by atoms with E-state index >= 15 is 0 Å². The third kappa shape index (κ3) is 6.53. The van der Waals surface area contributed by atoms with Crippen LogP contribution in [-0.2, 0) is 17.9 Å². The van der Waals surface area contributed by atoms with Crippen LogP contribution >= 0.6 is 22.7 Å². The van der Waals surface area contributed by atoms with Crippen LogP contribution in [0, 0.1) is 6.92 Å². The van der Waals surface area contributed by atoms with Crippen LogP contribution in [0.25, 0.3) is 0 Å². The van der Waals surface area contributed by atoms with Crippen LogP contribution in [0.3, 0.4) is 0 Å². The smallest absolute Gasteiger partial charge is 0.264 e. The first-order valence-electron chi connectivity index (χ1n) is 12.2. The molecule has 1 fully saturated rings. The standard InChI is InChI=1S/C27H34N4O3S2/c1-19-8-9-23(36-19)18-30(17-20-5-3-6-22(15-20)34-2)21-10-13-31(27(33)25-7-4-14-35-25)24(16-21)26(32)29-12-11-28/h3-9,14-15,21,24H,10-13,16-18,28H2,1-2H3,(H,29,32)/t21?,24-/m1/s1. The third-order valence-corrected chi connectivity index (χ3v) is 8.35. The number of rotatable bonds is 10. The van der Waals surface area contributed by atoms with E-state index in [1.165, 1.54) is 21.1 Å². The van der Waals surface area contributed by atoms with Gasteiger partial charge in [-0.15, -0.1) is 22.7 Å². The second kappa shape index (κ2) is 12.5. The Morgan fingerprint density at radius 1 is 1.19 bits per heavy atom. The molecule has 0 bridgehead atoms. The number of methoxy groups -OCH3 is 1. The third-order valence-electron chi connectivity index (χ3n) is 6.50. The number of aryl methyl sites for hydroxylation is 1. The Bertz CT molecular complexity index is 1150. The van der Waals surface area contributed by atoms with Crippen LogP contribution < -0.4 is 15.8 Å². The minimum absolute atomic E-state index is 0.0791. The molecular weight excluding hydrogens is 492 g/mol. The molecule has 1 aromatic carbocycles. The Morgan fingerprint density at radius 3 is 2.75 bits per heavy atom. The lowest BCUT2D eigenvalue weighted by Crippen LogP contribution is -2.57. The highest BCUT2D eigenvalue weighted by Crippen LogP contribution is 2.29. The van der Waals surface area contributed by atoms with Crippen LogP contribution in [0.1, 0.15) is 37.8 Å². The summed E-state index contributed by atoms with van der Waals surface area (Å²) in [5.74, 6) is 0.614. The second-order valence-electron chi connectivity index (χ2n) is 9.02. The van der Waals surface area contributed by atoms with Gasteiger partial charge in [0.25, 0.3) is 5.91 Å². The number of nitrogens with two attached hydrogens (primary N) is 1. The fourth-order valence-electron chi connectivity index (χ4n) is 4.71. The second-order valence-corrected chi connectivity index (χ2v) is 11.3. The highest BCUT2D eigenvalue weighted by molar-refractivity contribution is 7.12. The molecule has 7 nitrogen and oxygen atoms in total. The number of nitrogens with one attached hydrogen (secondary N) is 1. The van der Waals surface area contributed by atoms with Crippen molar-refractivity contribution in [3.63, 3.8) is 0 Å². The van der Waals surface area contributed by atoms with Crippen molar-refractivity contribution in [1.29, 1.82) is 0 Å². The van der Waals surface area contributed by atoms with Crippen molar-refractivity contribution in [2.75, 3.05) is 26.7 Å².